The third kappa shape index (κ3) is 1.83. The van der Waals surface area contributed by atoms with Crippen molar-refractivity contribution in [1.82, 2.24) is 19.7 Å². The average Bonchev–Trinajstić information content (AvgIpc) is 3.05. The summed E-state index contributed by atoms with van der Waals surface area (Å²) in [5.41, 5.74) is 0. The Morgan fingerprint density at radius 1 is 1.28 bits per heavy atom. The van der Waals surface area contributed by atoms with Crippen LogP contribution in [0.15, 0.2) is 12.7 Å². The second-order valence-electron chi connectivity index (χ2n) is 5.07. The van der Waals surface area contributed by atoms with Gasteiger partial charge < -0.3 is 9.47 Å². The SMILES string of the molecule is C=CC(=O)N1CCn2c(nnc2C2CCCC2)C1. The molecule has 1 amide bonds. The summed E-state index contributed by atoms with van der Waals surface area (Å²) in [7, 11) is 0. The lowest BCUT2D eigenvalue weighted by Crippen LogP contribution is -2.37. The lowest BCUT2D eigenvalue weighted by Gasteiger charge is -2.27. The van der Waals surface area contributed by atoms with Gasteiger partial charge in [0, 0.05) is 19.0 Å². The van der Waals surface area contributed by atoms with E-state index >= 15 is 0 Å². The van der Waals surface area contributed by atoms with Crippen LogP contribution in [0.2, 0.25) is 0 Å². The van der Waals surface area contributed by atoms with Crippen molar-refractivity contribution in [3.05, 3.63) is 24.3 Å². The molecule has 2 heterocycles. The molecule has 3 rings (SSSR count). The molecule has 5 nitrogen and oxygen atoms in total. The van der Waals surface area contributed by atoms with E-state index in [2.05, 4.69) is 21.3 Å². The van der Waals surface area contributed by atoms with Crippen molar-refractivity contribution in [3.8, 4) is 0 Å². The first-order valence-electron chi connectivity index (χ1n) is 6.63. The number of amides is 1. The Balaban J connectivity index is 1.82. The van der Waals surface area contributed by atoms with E-state index < -0.39 is 0 Å². The molecule has 0 aromatic carbocycles. The molecule has 1 aromatic heterocycles. The minimum absolute atomic E-state index is 0.0216. The van der Waals surface area contributed by atoms with Crippen LogP contribution in [-0.2, 0) is 17.9 Å². The summed E-state index contributed by atoms with van der Waals surface area (Å²) >= 11 is 0. The van der Waals surface area contributed by atoms with Crippen LogP contribution in [0.25, 0.3) is 0 Å². The summed E-state index contributed by atoms with van der Waals surface area (Å²) in [6.07, 6.45) is 6.42. The van der Waals surface area contributed by atoms with Crippen LogP contribution >= 0.6 is 0 Å². The monoisotopic (exact) mass is 246 g/mol. The molecule has 0 N–H and O–H groups in total. The average molecular weight is 246 g/mol. The maximum atomic E-state index is 11.6. The highest BCUT2D eigenvalue weighted by Gasteiger charge is 2.28. The maximum Gasteiger partial charge on any atom is 0.246 e. The van der Waals surface area contributed by atoms with Gasteiger partial charge in [0.2, 0.25) is 5.91 Å². The molecule has 18 heavy (non-hydrogen) atoms. The fourth-order valence-corrected chi connectivity index (χ4v) is 2.98. The summed E-state index contributed by atoms with van der Waals surface area (Å²) in [5.74, 6) is 2.60. The second-order valence-corrected chi connectivity index (χ2v) is 5.07. The Bertz CT molecular complexity index is 473. The molecular formula is C13H18N4O. The topological polar surface area (TPSA) is 51.0 Å². The largest absolute Gasteiger partial charge is 0.330 e. The van der Waals surface area contributed by atoms with Crippen LogP contribution in [0.1, 0.15) is 43.3 Å². The lowest BCUT2D eigenvalue weighted by molar-refractivity contribution is -0.127. The molecule has 2 aliphatic rings. The molecule has 1 aromatic rings. The predicted molar refractivity (Wildman–Crippen MR) is 66.8 cm³/mol. The van der Waals surface area contributed by atoms with E-state index in [-0.39, 0.29) is 5.91 Å². The van der Waals surface area contributed by atoms with Gasteiger partial charge in [0.15, 0.2) is 5.82 Å². The number of fused-ring (bicyclic) bond motifs is 1. The third-order valence-corrected chi connectivity index (χ3v) is 3.99. The van der Waals surface area contributed by atoms with E-state index in [1.165, 1.54) is 31.8 Å². The molecule has 96 valence electrons. The van der Waals surface area contributed by atoms with Gasteiger partial charge in [-0.15, -0.1) is 10.2 Å². The highest BCUT2D eigenvalue weighted by atomic mass is 16.2. The zero-order valence-electron chi connectivity index (χ0n) is 10.5. The van der Waals surface area contributed by atoms with E-state index in [9.17, 15) is 4.79 Å². The zero-order chi connectivity index (χ0) is 12.5. The van der Waals surface area contributed by atoms with Crippen LogP contribution < -0.4 is 0 Å². The fraction of sp³-hybridized carbons (Fsp3) is 0.615. The molecule has 0 atom stereocenters. The fourth-order valence-electron chi connectivity index (χ4n) is 2.98. The number of hydrogen-bond acceptors (Lipinski definition) is 3. The standard InChI is InChI=1S/C13H18N4O/c1-2-12(18)16-7-8-17-11(9-16)14-15-13(17)10-5-3-4-6-10/h2,10H,1,3-9H2. The highest BCUT2D eigenvalue weighted by Crippen LogP contribution is 2.33. The molecule has 1 saturated carbocycles. The summed E-state index contributed by atoms with van der Waals surface area (Å²) in [6, 6.07) is 0. The Kier molecular flexibility index (Phi) is 2.89. The molecule has 5 heteroatoms. The van der Waals surface area contributed by atoms with Crippen molar-refractivity contribution in [2.45, 2.75) is 44.7 Å². The van der Waals surface area contributed by atoms with E-state index in [0.29, 0.717) is 12.5 Å². The van der Waals surface area contributed by atoms with Crippen LogP contribution in [-0.4, -0.2) is 32.1 Å². The molecule has 1 aliphatic carbocycles. The molecule has 0 bridgehead atoms. The third-order valence-electron chi connectivity index (χ3n) is 3.99. The minimum Gasteiger partial charge on any atom is -0.330 e. The molecule has 0 spiro atoms. The molecule has 0 saturated heterocycles. The van der Waals surface area contributed by atoms with Crippen molar-refractivity contribution >= 4 is 5.91 Å². The van der Waals surface area contributed by atoms with Crippen molar-refractivity contribution < 1.29 is 4.79 Å². The normalized spacial score (nSPS) is 19.9. The number of rotatable bonds is 2. The molecule has 0 unspecified atom stereocenters. The van der Waals surface area contributed by atoms with E-state index in [0.717, 1.165) is 24.7 Å². The van der Waals surface area contributed by atoms with Crippen LogP contribution in [0, 0.1) is 0 Å². The highest BCUT2D eigenvalue weighted by molar-refractivity contribution is 5.86. The molecule has 1 aliphatic heterocycles. The van der Waals surface area contributed by atoms with Gasteiger partial charge in [-0.2, -0.15) is 0 Å². The van der Waals surface area contributed by atoms with E-state index in [1.54, 1.807) is 4.90 Å². The first-order chi connectivity index (χ1) is 8.79. The number of hydrogen-bond donors (Lipinski definition) is 0. The smallest absolute Gasteiger partial charge is 0.246 e. The second kappa shape index (κ2) is 4.55. The molecule has 1 fully saturated rings. The van der Waals surface area contributed by atoms with Crippen LogP contribution in [0.3, 0.4) is 0 Å². The lowest BCUT2D eigenvalue weighted by atomic mass is 10.1. The van der Waals surface area contributed by atoms with Gasteiger partial charge in [0.25, 0.3) is 0 Å². The van der Waals surface area contributed by atoms with E-state index in [4.69, 9.17) is 0 Å². The van der Waals surface area contributed by atoms with Crippen molar-refractivity contribution in [2.24, 2.45) is 0 Å². The van der Waals surface area contributed by atoms with Gasteiger partial charge in [-0.05, 0) is 18.9 Å². The Labute approximate surface area is 106 Å². The van der Waals surface area contributed by atoms with Gasteiger partial charge in [-0.1, -0.05) is 19.4 Å². The first kappa shape index (κ1) is 11.4. The zero-order valence-corrected chi connectivity index (χ0v) is 10.5. The first-order valence-corrected chi connectivity index (χ1v) is 6.63. The number of aromatic nitrogens is 3. The predicted octanol–water partition coefficient (Wildman–Crippen LogP) is 1.46. The Morgan fingerprint density at radius 2 is 2.06 bits per heavy atom. The Morgan fingerprint density at radius 3 is 2.78 bits per heavy atom. The van der Waals surface area contributed by atoms with Crippen molar-refractivity contribution in [3.63, 3.8) is 0 Å². The van der Waals surface area contributed by atoms with Crippen molar-refractivity contribution in [1.29, 1.82) is 0 Å². The number of carbonyl (C=O) groups excluding carboxylic acids is 1. The van der Waals surface area contributed by atoms with Gasteiger partial charge >= 0.3 is 0 Å². The summed E-state index contributed by atoms with van der Waals surface area (Å²) in [4.78, 5) is 13.4. The van der Waals surface area contributed by atoms with Gasteiger partial charge in [-0.25, -0.2) is 0 Å². The minimum atomic E-state index is -0.0216. The maximum absolute atomic E-state index is 11.6. The van der Waals surface area contributed by atoms with Gasteiger partial charge in [-0.3, -0.25) is 4.79 Å². The van der Waals surface area contributed by atoms with Crippen LogP contribution in [0.4, 0.5) is 0 Å². The number of nitrogens with zero attached hydrogens (tertiary/aromatic N) is 4. The Hall–Kier alpha value is -1.65. The molecule has 0 radical (unpaired) electrons. The van der Waals surface area contributed by atoms with Crippen LogP contribution in [0.5, 0.6) is 0 Å². The van der Waals surface area contributed by atoms with Gasteiger partial charge in [0.1, 0.15) is 5.82 Å². The number of carbonyl (C=O) groups is 1. The summed E-state index contributed by atoms with van der Waals surface area (Å²) in [6.45, 7) is 5.63. The quantitative estimate of drug-likeness (QED) is 0.742. The summed E-state index contributed by atoms with van der Waals surface area (Å²) < 4.78 is 2.21. The van der Waals surface area contributed by atoms with E-state index in [1.807, 2.05) is 0 Å². The summed E-state index contributed by atoms with van der Waals surface area (Å²) in [5, 5.41) is 8.60. The van der Waals surface area contributed by atoms with Gasteiger partial charge in [0.05, 0.1) is 6.54 Å². The van der Waals surface area contributed by atoms with Crippen molar-refractivity contribution in [2.75, 3.05) is 6.54 Å². The molecular weight excluding hydrogens is 228 g/mol.